The molecule has 1 aromatic rings. The van der Waals surface area contributed by atoms with Crippen molar-refractivity contribution in [2.75, 3.05) is 0 Å². The smallest absolute Gasteiger partial charge is 0.140 e. The number of halogens is 2. The molecule has 0 amide bonds. The van der Waals surface area contributed by atoms with Crippen LogP contribution in [0.2, 0.25) is 0 Å². The van der Waals surface area contributed by atoms with Gasteiger partial charge in [0, 0.05) is 22.2 Å². The number of ketones is 1. The zero-order valence-corrected chi connectivity index (χ0v) is 11.0. The van der Waals surface area contributed by atoms with Crippen LogP contribution in [0.1, 0.15) is 38.2 Å². The highest BCUT2D eigenvalue weighted by Crippen LogP contribution is 2.52. The van der Waals surface area contributed by atoms with Crippen LogP contribution >= 0.6 is 15.9 Å². The van der Waals surface area contributed by atoms with Crippen molar-refractivity contribution in [2.24, 2.45) is 5.41 Å². The minimum absolute atomic E-state index is 0.0301. The number of hydrogen-bond acceptors (Lipinski definition) is 1. The molecule has 1 aliphatic rings. The van der Waals surface area contributed by atoms with E-state index < -0.39 is 0 Å². The van der Waals surface area contributed by atoms with Gasteiger partial charge >= 0.3 is 0 Å². The van der Waals surface area contributed by atoms with E-state index in [0.717, 1.165) is 10.9 Å². The first-order chi connectivity index (χ1) is 7.49. The van der Waals surface area contributed by atoms with Crippen LogP contribution in [0.3, 0.4) is 0 Å². The summed E-state index contributed by atoms with van der Waals surface area (Å²) in [7, 11) is 0. The van der Waals surface area contributed by atoms with E-state index in [4.69, 9.17) is 0 Å². The van der Waals surface area contributed by atoms with Crippen LogP contribution in [-0.2, 0) is 4.79 Å². The van der Waals surface area contributed by atoms with Crippen LogP contribution in [0.5, 0.6) is 0 Å². The molecule has 1 saturated carbocycles. The minimum atomic E-state index is -0.373. The van der Waals surface area contributed by atoms with E-state index in [1.165, 1.54) is 6.07 Å². The van der Waals surface area contributed by atoms with Crippen molar-refractivity contribution in [3.05, 3.63) is 34.1 Å². The third-order valence-corrected chi connectivity index (χ3v) is 4.36. The molecule has 0 saturated heterocycles. The molecule has 0 bridgehead atoms. The Kier molecular flexibility index (Phi) is 2.91. The first-order valence-corrected chi connectivity index (χ1v) is 6.26. The highest BCUT2D eigenvalue weighted by Gasteiger charge is 2.50. The molecule has 86 valence electrons. The van der Waals surface area contributed by atoms with Gasteiger partial charge in [-0.15, -0.1) is 0 Å². The van der Waals surface area contributed by atoms with Crippen molar-refractivity contribution in [2.45, 2.75) is 32.6 Å². The van der Waals surface area contributed by atoms with Crippen LogP contribution in [0, 0.1) is 11.2 Å². The lowest BCUT2D eigenvalue weighted by atomic mass is 9.56. The topological polar surface area (TPSA) is 17.1 Å². The van der Waals surface area contributed by atoms with Crippen LogP contribution in [0.4, 0.5) is 4.39 Å². The molecule has 0 aliphatic heterocycles. The molecule has 2 rings (SSSR count). The van der Waals surface area contributed by atoms with Gasteiger partial charge in [-0.1, -0.05) is 29.8 Å². The summed E-state index contributed by atoms with van der Waals surface area (Å²) in [5, 5.41) is 0. The number of hydrogen-bond donors (Lipinski definition) is 0. The molecule has 2 unspecified atom stereocenters. The predicted octanol–water partition coefficient (Wildman–Crippen LogP) is 4.06. The molecule has 1 aliphatic carbocycles. The van der Waals surface area contributed by atoms with E-state index in [9.17, 15) is 9.18 Å². The summed E-state index contributed by atoms with van der Waals surface area (Å²) >= 11 is 3.34. The molecule has 2 atom stereocenters. The summed E-state index contributed by atoms with van der Waals surface area (Å²) < 4.78 is 14.6. The fourth-order valence-electron chi connectivity index (χ4n) is 2.39. The summed E-state index contributed by atoms with van der Waals surface area (Å²) in [4.78, 5) is 11.6. The Hall–Kier alpha value is -0.700. The molecule has 0 heterocycles. The summed E-state index contributed by atoms with van der Waals surface area (Å²) in [5.74, 6) is 0.0715. The largest absolute Gasteiger partial charge is 0.299 e. The van der Waals surface area contributed by atoms with Crippen LogP contribution < -0.4 is 0 Å². The summed E-state index contributed by atoms with van der Waals surface area (Å²) in [5.41, 5.74) is 0.292. The van der Waals surface area contributed by atoms with E-state index in [1.54, 1.807) is 12.1 Å². The van der Waals surface area contributed by atoms with Crippen LogP contribution in [0.15, 0.2) is 22.7 Å². The second-order valence-electron chi connectivity index (χ2n) is 4.62. The molecule has 1 aromatic carbocycles. The first kappa shape index (κ1) is 11.8. The van der Waals surface area contributed by atoms with Gasteiger partial charge in [0.25, 0.3) is 0 Å². The Balaban J connectivity index is 2.39. The Labute approximate surface area is 103 Å². The normalized spacial score (nSPS) is 29.0. The standard InChI is InChI=1S/C13H14BrFO/c1-3-13(2)10(7-12(13)16)9-6-8(14)4-5-11(9)15/h4-6,10H,3,7H2,1-2H3. The Morgan fingerprint density at radius 2 is 2.25 bits per heavy atom. The SMILES string of the molecule is CCC1(C)C(=O)CC1c1cc(Br)ccc1F. The Morgan fingerprint density at radius 1 is 1.56 bits per heavy atom. The van der Waals surface area contributed by atoms with Gasteiger partial charge < -0.3 is 0 Å². The molecule has 0 spiro atoms. The summed E-state index contributed by atoms with van der Waals surface area (Å²) in [6, 6.07) is 4.93. The van der Waals surface area contributed by atoms with Gasteiger partial charge in [0.05, 0.1) is 0 Å². The number of carbonyl (C=O) groups excluding carboxylic acids is 1. The maximum Gasteiger partial charge on any atom is 0.140 e. The molecule has 16 heavy (non-hydrogen) atoms. The second kappa shape index (κ2) is 3.95. The number of Topliss-reactive ketones (excluding diaryl/α,β-unsaturated/α-hetero) is 1. The molecular weight excluding hydrogens is 271 g/mol. The predicted molar refractivity (Wildman–Crippen MR) is 64.9 cm³/mol. The lowest BCUT2D eigenvalue weighted by Gasteiger charge is -2.45. The Morgan fingerprint density at radius 3 is 2.81 bits per heavy atom. The van der Waals surface area contributed by atoms with E-state index in [0.29, 0.717) is 12.0 Å². The Bertz CT molecular complexity index is 444. The molecule has 0 radical (unpaired) electrons. The number of benzene rings is 1. The number of rotatable bonds is 2. The summed E-state index contributed by atoms with van der Waals surface area (Å²) in [6.45, 7) is 3.92. The minimum Gasteiger partial charge on any atom is -0.299 e. The van der Waals surface area contributed by atoms with Crippen molar-refractivity contribution >= 4 is 21.7 Å². The molecule has 0 aromatic heterocycles. The van der Waals surface area contributed by atoms with Gasteiger partial charge in [-0.05, 0) is 30.2 Å². The van der Waals surface area contributed by atoms with E-state index >= 15 is 0 Å². The lowest BCUT2D eigenvalue weighted by Crippen LogP contribution is -2.45. The number of carbonyl (C=O) groups is 1. The van der Waals surface area contributed by atoms with Gasteiger partial charge in [0.1, 0.15) is 11.6 Å². The zero-order valence-electron chi connectivity index (χ0n) is 9.39. The maximum absolute atomic E-state index is 13.7. The van der Waals surface area contributed by atoms with Crippen molar-refractivity contribution in [1.82, 2.24) is 0 Å². The fourth-order valence-corrected chi connectivity index (χ4v) is 2.76. The van der Waals surface area contributed by atoms with Gasteiger partial charge in [-0.2, -0.15) is 0 Å². The van der Waals surface area contributed by atoms with E-state index in [-0.39, 0.29) is 22.9 Å². The summed E-state index contributed by atoms with van der Waals surface area (Å²) in [6.07, 6.45) is 1.24. The highest BCUT2D eigenvalue weighted by molar-refractivity contribution is 9.10. The molecule has 1 fully saturated rings. The van der Waals surface area contributed by atoms with Crippen LogP contribution in [-0.4, -0.2) is 5.78 Å². The van der Waals surface area contributed by atoms with Crippen molar-refractivity contribution in [3.8, 4) is 0 Å². The lowest BCUT2D eigenvalue weighted by molar-refractivity contribution is -0.139. The third kappa shape index (κ3) is 1.61. The zero-order chi connectivity index (χ0) is 11.9. The fraction of sp³-hybridized carbons (Fsp3) is 0.462. The monoisotopic (exact) mass is 284 g/mol. The van der Waals surface area contributed by atoms with Gasteiger partial charge in [-0.25, -0.2) is 4.39 Å². The molecular formula is C13H14BrFO. The van der Waals surface area contributed by atoms with E-state index in [2.05, 4.69) is 15.9 Å². The average molecular weight is 285 g/mol. The van der Waals surface area contributed by atoms with Crippen molar-refractivity contribution < 1.29 is 9.18 Å². The van der Waals surface area contributed by atoms with Gasteiger partial charge in [0.2, 0.25) is 0 Å². The van der Waals surface area contributed by atoms with E-state index in [1.807, 2.05) is 13.8 Å². The van der Waals surface area contributed by atoms with Gasteiger partial charge in [-0.3, -0.25) is 4.79 Å². The second-order valence-corrected chi connectivity index (χ2v) is 5.53. The molecule has 3 heteroatoms. The molecule has 1 nitrogen and oxygen atoms in total. The van der Waals surface area contributed by atoms with Gasteiger partial charge in [0.15, 0.2) is 0 Å². The first-order valence-electron chi connectivity index (χ1n) is 5.47. The van der Waals surface area contributed by atoms with Crippen molar-refractivity contribution in [1.29, 1.82) is 0 Å². The average Bonchev–Trinajstić information content (AvgIpc) is 2.28. The third-order valence-electron chi connectivity index (χ3n) is 3.86. The highest BCUT2D eigenvalue weighted by atomic mass is 79.9. The quantitative estimate of drug-likeness (QED) is 0.800. The van der Waals surface area contributed by atoms with Crippen LogP contribution in [0.25, 0.3) is 0 Å². The maximum atomic E-state index is 13.7. The molecule has 0 N–H and O–H groups in total. The van der Waals surface area contributed by atoms with Crippen molar-refractivity contribution in [3.63, 3.8) is 0 Å².